The molecule has 2 aromatic carbocycles. The molecule has 0 bridgehead atoms. The third-order valence-corrected chi connectivity index (χ3v) is 7.15. The summed E-state index contributed by atoms with van der Waals surface area (Å²) in [5, 5.41) is 0. The molecule has 24 heavy (non-hydrogen) atoms. The first-order valence-corrected chi connectivity index (χ1v) is 9.36. The van der Waals surface area contributed by atoms with E-state index >= 15 is 0 Å². The van der Waals surface area contributed by atoms with Crippen LogP contribution < -0.4 is 0 Å². The fraction of sp³-hybridized carbons (Fsp3) is 0.500. The molecule has 0 spiro atoms. The van der Waals surface area contributed by atoms with E-state index in [2.05, 4.69) is 91.8 Å². The van der Waals surface area contributed by atoms with Crippen LogP contribution >= 0.6 is 0 Å². The second kappa shape index (κ2) is 5.48. The van der Waals surface area contributed by atoms with Crippen molar-refractivity contribution in [3.8, 4) is 11.1 Å². The molecule has 0 fully saturated rings. The molecule has 128 valence electrons. The summed E-state index contributed by atoms with van der Waals surface area (Å²) in [6, 6.07) is 14.1. The van der Waals surface area contributed by atoms with Crippen molar-refractivity contribution in [3.63, 3.8) is 0 Å². The maximum absolute atomic E-state index is 2.50. The molecule has 1 aliphatic carbocycles. The van der Waals surface area contributed by atoms with Crippen LogP contribution in [0.4, 0.5) is 0 Å². The van der Waals surface area contributed by atoms with Crippen LogP contribution in [0.1, 0.15) is 63.8 Å². The van der Waals surface area contributed by atoms with Crippen LogP contribution in [0.3, 0.4) is 0 Å². The third kappa shape index (κ3) is 2.05. The second-order valence-corrected chi connectivity index (χ2v) is 8.81. The molecule has 2 unspecified atom stereocenters. The SMILES string of the molecule is Cc1ccc2c(c1)C(C)(C(C)C)C(C)(C(C)C)c1cc(C)ccc1-2. The van der Waals surface area contributed by atoms with E-state index in [0.29, 0.717) is 11.8 Å². The monoisotopic (exact) mass is 320 g/mol. The van der Waals surface area contributed by atoms with Crippen LogP contribution in [0.2, 0.25) is 0 Å². The fourth-order valence-corrected chi connectivity index (χ4v) is 5.03. The zero-order valence-corrected chi connectivity index (χ0v) is 16.6. The van der Waals surface area contributed by atoms with Gasteiger partial charge in [0, 0.05) is 10.8 Å². The smallest absolute Gasteiger partial charge is 0.00507 e. The van der Waals surface area contributed by atoms with E-state index in [1.54, 1.807) is 0 Å². The Hall–Kier alpha value is -1.56. The molecule has 0 saturated heterocycles. The highest BCUT2D eigenvalue weighted by Gasteiger charge is 2.54. The van der Waals surface area contributed by atoms with Crippen LogP contribution in [0.25, 0.3) is 11.1 Å². The Kier molecular flexibility index (Phi) is 3.94. The van der Waals surface area contributed by atoms with E-state index in [9.17, 15) is 0 Å². The van der Waals surface area contributed by atoms with Gasteiger partial charge >= 0.3 is 0 Å². The molecule has 0 heterocycles. The molecule has 1 aliphatic rings. The predicted molar refractivity (Wildman–Crippen MR) is 106 cm³/mol. The van der Waals surface area contributed by atoms with Crippen molar-refractivity contribution in [2.24, 2.45) is 11.8 Å². The van der Waals surface area contributed by atoms with E-state index in [4.69, 9.17) is 0 Å². The molecule has 3 rings (SSSR count). The van der Waals surface area contributed by atoms with Crippen molar-refractivity contribution < 1.29 is 0 Å². The molecule has 0 saturated carbocycles. The quantitative estimate of drug-likeness (QED) is 0.570. The summed E-state index contributed by atoms with van der Waals surface area (Å²) >= 11 is 0. The lowest BCUT2D eigenvalue weighted by Crippen LogP contribution is -2.54. The summed E-state index contributed by atoms with van der Waals surface area (Å²) in [6.45, 7) is 19.0. The number of benzene rings is 2. The molecule has 0 heteroatoms. The van der Waals surface area contributed by atoms with Gasteiger partial charge in [0.15, 0.2) is 0 Å². The number of fused-ring (bicyclic) bond motifs is 3. The Labute approximate surface area is 148 Å². The van der Waals surface area contributed by atoms with Gasteiger partial charge in [-0.05, 0) is 47.9 Å². The summed E-state index contributed by atoms with van der Waals surface area (Å²) in [4.78, 5) is 0. The first-order chi connectivity index (χ1) is 11.1. The van der Waals surface area contributed by atoms with Gasteiger partial charge in [0.05, 0.1) is 0 Å². The van der Waals surface area contributed by atoms with Crippen molar-refractivity contribution in [1.29, 1.82) is 0 Å². The van der Waals surface area contributed by atoms with Gasteiger partial charge in [0.2, 0.25) is 0 Å². The molecule has 0 aromatic heterocycles. The molecule has 0 radical (unpaired) electrons. The van der Waals surface area contributed by atoms with Crippen LogP contribution in [0, 0.1) is 25.7 Å². The van der Waals surface area contributed by atoms with Gasteiger partial charge in [-0.15, -0.1) is 0 Å². The Morgan fingerprint density at radius 1 is 0.625 bits per heavy atom. The Balaban J connectivity index is 2.50. The highest BCUT2D eigenvalue weighted by molar-refractivity contribution is 5.78. The molecular formula is C24H32. The van der Waals surface area contributed by atoms with Crippen molar-refractivity contribution in [2.75, 3.05) is 0 Å². The minimum Gasteiger partial charge on any atom is -0.0619 e. The highest BCUT2D eigenvalue weighted by Crippen LogP contribution is 2.60. The van der Waals surface area contributed by atoms with Gasteiger partial charge in [0.1, 0.15) is 0 Å². The lowest BCUT2D eigenvalue weighted by Gasteiger charge is -2.57. The molecule has 2 aromatic rings. The zero-order chi connectivity index (χ0) is 17.9. The number of aryl methyl sites for hydroxylation is 2. The van der Waals surface area contributed by atoms with E-state index in [1.165, 1.54) is 33.4 Å². The number of rotatable bonds is 2. The minimum atomic E-state index is 0.114. The zero-order valence-electron chi connectivity index (χ0n) is 16.6. The molecule has 0 nitrogen and oxygen atoms in total. The third-order valence-electron chi connectivity index (χ3n) is 7.15. The normalized spacial score (nSPS) is 25.8. The maximum Gasteiger partial charge on any atom is 0.00507 e. The molecule has 0 aliphatic heterocycles. The van der Waals surface area contributed by atoms with Crippen molar-refractivity contribution >= 4 is 0 Å². The standard InChI is InChI=1S/C24H32/c1-15(2)23(7)21-13-17(5)9-11-19(21)20-12-10-18(6)14-22(20)24(23,8)16(3)4/h9-16H,1-8H3. The molecule has 0 N–H and O–H groups in total. The first kappa shape index (κ1) is 17.3. The fourth-order valence-electron chi connectivity index (χ4n) is 5.03. The largest absolute Gasteiger partial charge is 0.0619 e. The lowest BCUT2D eigenvalue weighted by molar-refractivity contribution is 0.128. The maximum atomic E-state index is 2.50. The van der Waals surface area contributed by atoms with Crippen LogP contribution in [0.15, 0.2) is 36.4 Å². The van der Waals surface area contributed by atoms with E-state index in [0.717, 1.165) is 0 Å². The van der Waals surface area contributed by atoms with Gasteiger partial charge in [0.25, 0.3) is 0 Å². The Morgan fingerprint density at radius 3 is 1.25 bits per heavy atom. The van der Waals surface area contributed by atoms with E-state index in [-0.39, 0.29) is 10.8 Å². The van der Waals surface area contributed by atoms with Crippen LogP contribution in [-0.2, 0) is 10.8 Å². The average Bonchev–Trinajstić information content (AvgIpc) is 2.52. The molecule has 0 amide bonds. The molecule has 2 atom stereocenters. The summed E-state index contributed by atoms with van der Waals surface area (Å²) in [5.41, 5.74) is 8.89. The summed E-state index contributed by atoms with van der Waals surface area (Å²) in [7, 11) is 0. The summed E-state index contributed by atoms with van der Waals surface area (Å²) in [5.74, 6) is 1.14. The van der Waals surface area contributed by atoms with Gasteiger partial charge in [-0.1, -0.05) is 89.1 Å². The van der Waals surface area contributed by atoms with E-state index in [1.807, 2.05) is 0 Å². The van der Waals surface area contributed by atoms with E-state index < -0.39 is 0 Å². The van der Waals surface area contributed by atoms with Gasteiger partial charge in [-0.2, -0.15) is 0 Å². The minimum absolute atomic E-state index is 0.114. The number of hydrogen-bond donors (Lipinski definition) is 0. The highest BCUT2D eigenvalue weighted by atomic mass is 14.6. The van der Waals surface area contributed by atoms with Crippen molar-refractivity contribution in [1.82, 2.24) is 0 Å². The number of hydrogen-bond acceptors (Lipinski definition) is 0. The first-order valence-electron chi connectivity index (χ1n) is 9.36. The Bertz CT molecular complexity index is 713. The summed E-state index contributed by atoms with van der Waals surface area (Å²) < 4.78 is 0. The molecular weight excluding hydrogens is 288 g/mol. The van der Waals surface area contributed by atoms with Gasteiger partial charge < -0.3 is 0 Å². The predicted octanol–water partition coefficient (Wildman–Crippen LogP) is 6.81. The van der Waals surface area contributed by atoms with Crippen molar-refractivity contribution in [2.45, 2.75) is 66.2 Å². The summed E-state index contributed by atoms with van der Waals surface area (Å²) in [6.07, 6.45) is 0. The van der Waals surface area contributed by atoms with Crippen LogP contribution in [-0.4, -0.2) is 0 Å². The average molecular weight is 321 g/mol. The van der Waals surface area contributed by atoms with Crippen LogP contribution in [0.5, 0.6) is 0 Å². The Morgan fingerprint density at radius 2 is 0.958 bits per heavy atom. The second-order valence-electron chi connectivity index (χ2n) is 8.81. The lowest BCUT2D eigenvalue weighted by atomic mass is 9.46. The topological polar surface area (TPSA) is 0 Å². The van der Waals surface area contributed by atoms with Gasteiger partial charge in [-0.3, -0.25) is 0 Å². The van der Waals surface area contributed by atoms with Crippen molar-refractivity contribution in [3.05, 3.63) is 58.7 Å². The van der Waals surface area contributed by atoms with Gasteiger partial charge in [-0.25, -0.2) is 0 Å².